The molecule has 0 atom stereocenters. The topological polar surface area (TPSA) is 119 Å². The SMILES string of the molecule is CN(CC(=O)O)C(=O)Cn1cnc2c1c(=O)n(C)c(=O)n2C. The predicted molar refractivity (Wildman–Crippen MR) is 75.5 cm³/mol. The van der Waals surface area contributed by atoms with E-state index in [2.05, 4.69) is 4.98 Å². The highest BCUT2D eigenvalue weighted by Gasteiger charge is 2.18. The van der Waals surface area contributed by atoms with Gasteiger partial charge in [-0.2, -0.15) is 0 Å². The molecule has 22 heavy (non-hydrogen) atoms. The van der Waals surface area contributed by atoms with Gasteiger partial charge < -0.3 is 14.6 Å². The molecule has 2 aromatic heterocycles. The summed E-state index contributed by atoms with van der Waals surface area (Å²) >= 11 is 0. The number of fused-ring (bicyclic) bond motifs is 1. The Balaban J connectivity index is 2.46. The van der Waals surface area contributed by atoms with Gasteiger partial charge in [-0.15, -0.1) is 0 Å². The zero-order chi connectivity index (χ0) is 16.6. The number of aliphatic carboxylic acids is 1. The maximum absolute atomic E-state index is 12.2. The summed E-state index contributed by atoms with van der Waals surface area (Å²) in [7, 11) is 4.16. The van der Waals surface area contributed by atoms with E-state index in [4.69, 9.17) is 5.11 Å². The fraction of sp³-hybridized carbons (Fsp3) is 0.417. The Kier molecular flexibility index (Phi) is 3.85. The second-order valence-corrected chi connectivity index (χ2v) is 4.89. The lowest BCUT2D eigenvalue weighted by Gasteiger charge is -2.15. The number of rotatable bonds is 4. The van der Waals surface area contributed by atoms with E-state index in [0.29, 0.717) is 0 Å². The Morgan fingerprint density at radius 3 is 2.50 bits per heavy atom. The highest BCUT2D eigenvalue weighted by molar-refractivity contribution is 5.82. The number of amides is 1. The molecule has 0 radical (unpaired) electrons. The lowest BCUT2D eigenvalue weighted by atomic mass is 10.4. The number of likely N-dealkylation sites (N-methyl/N-ethyl adjacent to an activating group) is 1. The van der Waals surface area contributed by atoms with Gasteiger partial charge in [-0.3, -0.25) is 23.5 Å². The molecule has 0 fully saturated rings. The summed E-state index contributed by atoms with van der Waals surface area (Å²) < 4.78 is 3.43. The molecule has 0 aliphatic rings. The van der Waals surface area contributed by atoms with Crippen molar-refractivity contribution in [3.8, 4) is 0 Å². The maximum Gasteiger partial charge on any atom is 0.332 e. The molecule has 0 saturated heterocycles. The van der Waals surface area contributed by atoms with E-state index in [0.717, 1.165) is 9.47 Å². The number of aryl methyl sites for hydroxylation is 1. The first kappa shape index (κ1) is 15.5. The Morgan fingerprint density at radius 1 is 1.27 bits per heavy atom. The van der Waals surface area contributed by atoms with Crippen LogP contribution >= 0.6 is 0 Å². The van der Waals surface area contributed by atoms with Gasteiger partial charge in [-0.1, -0.05) is 0 Å². The first-order valence-electron chi connectivity index (χ1n) is 6.30. The normalized spacial score (nSPS) is 10.9. The van der Waals surface area contributed by atoms with Crippen LogP contribution in [0.2, 0.25) is 0 Å². The Morgan fingerprint density at radius 2 is 1.91 bits per heavy atom. The quantitative estimate of drug-likeness (QED) is 0.696. The molecule has 10 nitrogen and oxygen atoms in total. The van der Waals surface area contributed by atoms with Crippen LogP contribution in [0.3, 0.4) is 0 Å². The van der Waals surface area contributed by atoms with Gasteiger partial charge in [0.1, 0.15) is 13.1 Å². The standard InChI is InChI=1S/C12H15N5O5/c1-14(5-8(19)20)7(18)4-17-6-13-10-9(17)11(21)16(3)12(22)15(10)2/h6H,4-5H2,1-3H3,(H,19,20). The van der Waals surface area contributed by atoms with Crippen molar-refractivity contribution < 1.29 is 14.7 Å². The number of carbonyl (C=O) groups excluding carboxylic acids is 1. The molecule has 1 N–H and O–H groups in total. The number of hydrogen-bond donors (Lipinski definition) is 1. The first-order valence-corrected chi connectivity index (χ1v) is 6.30. The van der Waals surface area contributed by atoms with E-state index in [9.17, 15) is 19.2 Å². The summed E-state index contributed by atoms with van der Waals surface area (Å²) in [6, 6.07) is 0. The first-order chi connectivity index (χ1) is 10.2. The lowest BCUT2D eigenvalue weighted by Crippen LogP contribution is -2.38. The van der Waals surface area contributed by atoms with Crippen molar-refractivity contribution >= 4 is 23.0 Å². The monoisotopic (exact) mass is 309 g/mol. The van der Waals surface area contributed by atoms with Gasteiger partial charge >= 0.3 is 11.7 Å². The van der Waals surface area contributed by atoms with Crippen LogP contribution in [0, 0.1) is 0 Å². The van der Waals surface area contributed by atoms with Gasteiger partial charge in [-0.05, 0) is 0 Å². The summed E-state index contributed by atoms with van der Waals surface area (Å²) in [6.45, 7) is -0.685. The van der Waals surface area contributed by atoms with Crippen LogP contribution < -0.4 is 11.2 Å². The third-order valence-corrected chi connectivity index (χ3v) is 3.32. The number of carboxylic acids is 1. The van der Waals surface area contributed by atoms with Crippen LogP contribution in [0.4, 0.5) is 0 Å². The summed E-state index contributed by atoms with van der Waals surface area (Å²) in [5.74, 6) is -1.62. The Labute approximate surface area is 123 Å². The van der Waals surface area contributed by atoms with E-state index in [1.165, 1.54) is 36.6 Å². The van der Waals surface area contributed by atoms with Crippen LogP contribution in [0.1, 0.15) is 0 Å². The van der Waals surface area contributed by atoms with E-state index < -0.39 is 29.7 Å². The number of imidazole rings is 1. The molecule has 2 rings (SSSR count). The lowest BCUT2D eigenvalue weighted by molar-refractivity contribution is -0.143. The molecular weight excluding hydrogens is 294 g/mol. The fourth-order valence-electron chi connectivity index (χ4n) is 2.07. The number of carbonyl (C=O) groups is 2. The molecule has 0 saturated carbocycles. The fourth-order valence-corrected chi connectivity index (χ4v) is 2.07. The minimum atomic E-state index is -1.13. The molecule has 0 aromatic carbocycles. The molecule has 0 spiro atoms. The third kappa shape index (κ3) is 2.50. The van der Waals surface area contributed by atoms with Crippen molar-refractivity contribution in [3.63, 3.8) is 0 Å². The number of aromatic nitrogens is 4. The third-order valence-electron chi connectivity index (χ3n) is 3.32. The van der Waals surface area contributed by atoms with Crippen molar-refractivity contribution in [2.24, 2.45) is 14.1 Å². The van der Waals surface area contributed by atoms with Crippen molar-refractivity contribution in [2.45, 2.75) is 6.54 Å². The second-order valence-electron chi connectivity index (χ2n) is 4.89. The molecule has 0 unspecified atom stereocenters. The Bertz CT molecular complexity index is 874. The highest BCUT2D eigenvalue weighted by atomic mass is 16.4. The molecule has 118 valence electrons. The minimum Gasteiger partial charge on any atom is -0.480 e. The van der Waals surface area contributed by atoms with Crippen LogP contribution in [-0.2, 0) is 30.2 Å². The van der Waals surface area contributed by atoms with Crippen molar-refractivity contribution in [1.29, 1.82) is 0 Å². The average Bonchev–Trinajstić information content (AvgIpc) is 2.85. The maximum atomic E-state index is 12.2. The molecule has 1 amide bonds. The smallest absolute Gasteiger partial charge is 0.332 e. The summed E-state index contributed by atoms with van der Waals surface area (Å²) in [5, 5.41) is 8.67. The molecule has 0 aliphatic heterocycles. The summed E-state index contributed by atoms with van der Waals surface area (Å²) in [4.78, 5) is 51.6. The molecule has 2 heterocycles. The number of nitrogens with zero attached hydrogens (tertiary/aromatic N) is 5. The van der Waals surface area contributed by atoms with Crippen molar-refractivity contribution in [2.75, 3.05) is 13.6 Å². The molecule has 2 aromatic rings. The Hall–Kier alpha value is -2.91. The number of carboxylic acid groups (broad SMARTS) is 1. The zero-order valence-corrected chi connectivity index (χ0v) is 12.3. The second kappa shape index (κ2) is 5.47. The molecule has 0 aliphatic carbocycles. The van der Waals surface area contributed by atoms with Gasteiger partial charge in [0, 0.05) is 21.1 Å². The van der Waals surface area contributed by atoms with Gasteiger partial charge in [0.05, 0.1) is 6.33 Å². The van der Waals surface area contributed by atoms with Crippen LogP contribution in [0.5, 0.6) is 0 Å². The molecule has 0 bridgehead atoms. The van der Waals surface area contributed by atoms with Crippen molar-refractivity contribution in [1.82, 2.24) is 23.6 Å². The van der Waals surface area contributed by atoms with E-state index in [1.54, 1.807) is 0 Å². The number of hydrogen-bond acceptors (Lipinski definition) is 5. The highest BCUT2D eigenvalue weighted by Crippen LogP contribution is 2.05. The largest absolute Gasteiger partial charge is 0.480 e. The zero-order valence-electron chi connectivity index (χ0n) is 12.3. The van der Waals surface area contributed by atoms with Gasteiger partial charge in [-0.25, -0.2) is 9.78 Å². The van der Waals surface area contributed by atoms with E-state index >= 15 is 0 Å². The molecular formula is C12H15N5O5. The van der Waals surface area contributed by atoms with Crippen LogP contribution in [0.25, 0.3) is 11.2 Å². The minimum absolute atomic E-state index is 0.113. The molecule has 10 heteroatoms. The van der Waals surface area contributed by atoms with E-state index in [1.807, 2.05) is 0 Å². The van der Waals surface area contributed by atoms with Gasteiger partial charge in [0.25, 0.3) is 5.56 Å². The van der Waals surface area contributed by atoms with E-state index in [-0.39, 0.29) is 17.7 Å². The summed E-state index contributed by atoms with van der Waals surface area (Å²) in [6.07, 6.45) is 1.28. The average molecular weight is 309 g/mol. The van der Waals surface area contributed by atoms with Crippen LogP contribution in [0.15, 0.2) is 15.9 Å². The van der Waals surface area contributed by atoms with Crippen molar-refractivity contribution in [3.05, 3.63) is 27.2 Å². The van der Waals surface area contributed by atoms with Gasteiger partial charge in [0.15, 0.2) is 11.2 Å². The summed E-state index contributed by atoms with van der Waals surface area (Å²) in [5.41, 5.74) is -0.801. The van der Waals surface area contributed by atoms with Crippen LogP contribution in [-0.4, -0.2) is 54.2 Å². The predicted octanol–water partition coefficient (Wildman–Crippen LogP) is -2.02. The van der Waals surface area contributed by atoms with Gasteiger partial charge in [0.2, 0.25) is 5.91 Å².